The van der Waals surface area contributed by atoms with Gasteiger partial charge in [0.2, 0.25) is 5.90 Å². The number of esters is 1. The first-order chi connectivity index (χ1) is 8.72. The lowest BCUT2D eigenvalue weighted by Crippen LogP contribution is -2.10. The van der Waals surface area contributed by atoms with Crippen LogP contribution in [0.2, 0.25) is 0 Å². The minimum Gasteiger partial charge on any atom is -0.499 e. The van der Waals surface area contributed by atoms with Crippen LogP contribution >= 0.6 is 11.6 Å². The lowest BCUT2D eigenvalue weighted by molar-refractivity contribution is -0.130. The number of carbonyl (C=O) groups excluding carboxylic acids is 1. The molecule has 1 aromatic carbocycles. The van der Waals surface area contributed by atoms with Crippen LogP contribution in [-0.2, 0) is 14.3 Å². The maximum atomic E-state index is 11.5. The minimum absolute atomic E-state index is 0.133. The summed E-state index contributed by atoms with van der Waals surface area (Å²) in [5.41, 5.74) is 0.955. The number of alkyl halides is 1. The third-order valence-electron chi connectivity index (χ3n) is 2.31. The molecule has 0 bridgehead atoms. The Morgan fingerprint density at radius 2 is 2.17 bits per heavy atom. The summed E-state index contributed by atoms with van der Waals surface area (Å²) < 4.78 is 10.0. The van der Waals surface area contributed by atoms with E-state index < -0.39 is 11.3 Å². The van der Waals surface area contributed by atoms with Crippen LogP contribution in [-0.4, -0.2) is 18.5 Å². The quantitative estimate of drug-likeness (QED) is 0.364. The maximum Gasteiger partial charge on any atom is 0.366 e. The molecule has 0 aliphatic carbocycles. The van der Waals surface area contributed by atoms with Gasteiger partial charge in [-0.3, -0.25) is 0 Å². The number of aliphatic imine (C=N–C) groups is 1. The average Bonchev–Trinajstić information content (AvgIpc) is 2.78. The number of ether oxygens (including phenoxy) is 2. The Morgan fingerprint density at radius 3 is 2.83 bits per heavy atom. The summed E-state index contributed by atoms with van der Waals surface area (Å²) in [5.74, 6) is -0.362. The van der Waals surface area contributed by atoms with E-state index in [9.17, 15) is 4.79 Å². The first-order valence-corrected chi connectivity index (χ1v) is 5.97. The first kappa shape index (κ1) is 12.6. The second-order valence-electron chi connectivity index (χ2n) is 3.57. The van der Waals surface area contributed by atoms with Crippen molar-refractivity contribution in [1.29, 1.82) is 0 Å². The van der Waals surface area contributed by atoms with Crippen molar-refractivity contribution in [2.45, 2.75) is 12.3 Å². The van der Waals surface area contributed by atoms with Gasteiger partial charge in [-0.1, -0.05) is 30.3 Å². The van der Waals surface area contributed by atoms with E-state index in [4.69, 9.17) is 21.1 Å². The number of nitrogens with zero attached hydrogens (tertiary/aromatic N) is 1. The van der Waals surface area contributed by atoms with E-state index in [-0.39, 0.29) is 11.6 Å². The molecule has 2 rings (SSSR count). The second kappa shape index (κ2) is 5.69. The Bertz CT molecular complexity index is 496. The highest BCUT2D eigenvalue weighted by atomic mass is 35.5. The largest absolute Gasteiger partial charge is 0.499 e. The number of hydrogen-bond acceptors (Lipinski definition) is 4. The van der Waals surface area contributed by atoms with Crippen molar-refractivity contribution in [1.82, 2.24) is 0 Å². The third-order valence-corrected chi connectivity index (χ3v) is 2.75. The zero-order valence-electron chi connectivity index (χ0n) is 9.80. The average molecular weight is 266 g/mol. The van der Waals surface area contributed by atoms with Gasteiger partial charge in [-0.2, -0.15) is 0 Å². The topological polar surface area (TPSA) is 47.9 Å². The molecule has 4 nitrogen and oxygen atoms in total. The van der Waals surface area contributed by atoms with Crippen molar-refractivity contribution in [3.63, 3.8) is 0 Å². The van der Waals surface area contributed by atoms with Crippen molar-refractivity contribution in [2.75, 3.05) is 6.61 Å². The summed E-state index contributed by atoms with van der Waals surface area (Å²) in [6.45, 7) is 2.28. The smallest absolute Gasteiger partial charge is 0.366 e. The molecular weight excluding hydrogens is 254 g/mol. The molecule has 1 aliphatic rings. The third kappa shape index (κ3) is 2.71. The second-order valence-corrected chi connectivity index (χ2v) is 4.01. The number of cyclic esters (lactones) is 1. The molecule has 94 valence electrons. The summed E-state index contributed by atoms with van der Waals surface area (Å²) in [5, 5.41) is -0.581. The summed E-state index contributed by atoms with van der Waals surface area (Å²) in [6.07, 6.45) is 1.28. The van der Waals surface area contributed by atoms with Gasteiger partial charge < -0.3 is 9.47 Å². The minimum atomic E-state index is -0.581. The number of carbonyl (C=O) groups is 1. The molecule has 1 aliphatic heterocycles. The fourth-order valence-corrected chi connectivity index (χ4v) is 1.68. The van der Waals surface area contributed by atoms with Gasteiger partial charge in [0.25, 0.3) is 0 Å². The molecule has 1 heterocycles. The highest BCUT2D eigenvalue weighted by Gasteiger charge is 2.29. The van der Waals surface area contributed by atoms with Gasteiger partial charge in [0.15, 0.2) is 5.70 Å². The molecule has 0 fully saturated rings. The molecule has 18 heavy (non-hydrogen) atoms. The van der Waals surface area contributed by atoms with Crippen LogP contribution in [0, 0.1) is 0 Å². The van der Waals surface area contributed by atoms with Crippen molar-refractivity contribution in [2.24, 2.45) is 4.99 Å². The van der Waals surface area contributed by atoms with Gasteiger partial charge in [0, 0.05) is 0 Å². The van der Waals surface area contributed by atoms with E-state index in [0.717, 1.165) is 5.56 Å². The SMILES string of the molecule is CCO/C=C1\N=C([C@@H](Cl)c2ccccc2)OC1=O. The van der Waals surface area contributed by atoms with E-state index in [1.807, 2.05) is 37.3 Å². The molecule has 1 atom stereocenters. The predicted molar refractivity (Wildman–Crippen MR) is 68.3 cm³/mol. The number of hydrogen-bond donors (Lipinski definition) is 0. The fourth-order valence-electron chi connectivity index (χ4n) is 1.44. The molecule has 0 spiro atoms. The predicted octanol–water partition coefficient (Wildman–Crippen LogP) is 2.80. The van der Waals surface area contributed by atoms with Crippen LogP contribution in [0.25, 0.3) is 0 Å². The lowest BCUT2D eigenvalue weighted by Gasteiger charge is -2.07. The first-order valence-electron chi connectivity index (χ1n) is 5.54. The van der Waals surface area contributed by atoms with Crippen LogP contribution in [0.3, 0.4) is 0 Å². The van der Waals surface area contributed by atoms with Gasteiger partial charge in [-0.05, 0) is 12.5 Å². The molecule has 0 saturated carbocycles. The Morgan fingerprint density at radius 1 is 1.44 bits per heavy atom. The Kier molecular flexibility index (Phi) is 3.99. The molecule has 0 unspecified atom stereocenters. The van der Waals surface area contributed by atoms with Gasteiger partial charge in [0.05, 0.1) is 6.61 Å². The standard InChI is InChI=1S/C13H12ClNO3/c1-2-17-8-10-13(16)18-12(15-10)11(14)9-6-4-3-5-7-9/h3-8,11H,2H2,1H3/b10-8-/t11-/m0/s1. The van der Waals surface area contributed by atoms with Crippen molar-refractivity contribution >= 4 is 23.5 Å². The van der Waals surface area contributed by atoms with Crippen LogP contribution in [0.15, 0.2) is 47.3 Å². The Hall–Kier alpha value is -1.81. The van der Waals surface area contributed by atoms with Gasteiger partial charge >= 0.3 is 5.97 Å². The van der Waals surface area contributed by atoms with Crippen LogP contribution in [0.5, 0.6) is 0 Å². The van der Waals surface area contributed by atoms with Crippen LogP contribution in [0.1, 0.15) is 17.9 Å². The summed E-state index contributed by atoms with van der Waals surface area (Å²) in [7, 11) is 0. The summed E-state index contributed by atoms with van der Waals surface area (Å²) in [6, 6.07) is 9.30. The van der Waals surface area contributed by atoms with E-state index in [2.05, 4.69) is 4.99 Å². The maximum absolute atomic E-state index is 11.5. The van der Waals surface area contributed by atoms with Crippen LogP contribution < -0.4 is 0 Å². The van der Waals surface area contributed by atoms with Crippen molar-refractivity contribution < 1.29 is 14.3 Å². The van der Waals surface area contributed by atoms with E-state index in [0.29, 0.717) is 6.61 Å². The van der Waals surface area contributed by atoms with Gasteiger partial charge in [-0.25, -0.2) is 9.79 Å². The number of benzene rings is 1. The molecule has 0 saturated heterocycles. The molecular formula is C13H12ClNO3. The van der Waals surface area contributed by atoms with E-state index >= 15 is 0 Å². The van der Waals surface area contributed by atoms with Gasteiger partial charge in [0.1, 0.15) is 11.6 Å². The van der Waals surface area contributed by atoms with Gasteiger partial charge in [-0.15, -0.1) is 11.6 Å². The molecule has 1 aromatic rings. The zero-order chi connectivity index (χ0) is 13.0. The van der Waals surface area contributed by atoms with Crippen molar-refractivity contribution in [3.8, 4) is 0 Å². The molecule has 0 N–H and O–H groups in total. The number of rotatable bonds is 4. The van der Waals surface area contributed by atoms with Crippen LogP contribution in [0.4, 0.5) is 0 Å². The summed E-state index contributed by atoms with van der Waals surface area (Å²) >= 11 is 6.20. The Balaban J connectivity index is 2.18. The molecule has 0 aromatic heterocycles. The van der Waals surface area contributed by atoms with E-state index in [1.54, 1.807) is 0 Å². The van der Waals surface area contributed by atoms with Crippen molar-refractivity contribution in [3.05, 3.63) is 47.9 Å². The molecule has 5 heteroatoms. The highest BCUT2D eigenvalue weighted by Crippen LogP contribution is 2.27. The number of halogens is 1. The highest BCUT2D eigenvalue weighted by molar-refractivity contribution is 6.32. The molecule has 0 radical (unpaired) electrons. The zero-order valence-corrected chi connectivity index (χ0v) is 10.6. The normalized spacial score (nSPS) is 18.4. The monoisotopic (exact) mass is 265 g/mol. The van der Waals surface area contributed by atoms with E-state index in [1.165, 1.54) is 6.26 Å². The Labute approximate surface area is 110 Å². The summed E-state index contributed by atoms with van der Waals surface area (Å²) in [4.78, 5) is 15.5. The fraction of sp³-hybridized carbons (Fsp3) is 0.231. The molecule has 0 amide bonds. The lowest BCUT2D eigenvalue weighted by atomic mass is 10.1.